The highest BCUT2D eigenvalue weighted by Crippen LogP contribution is 1.98. The highest BCUT2D eigenvalue weighted by molar-refractivity contribution is 6.27. The molecule has 1 aromatic rings. The summed E-state index contributed by atoms with van der Waals surface area (Å²) in [5.74, 6) is 0.125. The third kappa shape index (κ3) is 2.68. The first kappa shape index (κ1) is 8.21. The second-order valence-electron chi connectivity index (χ2n) is 2.20. The van der Waals surface area contributed by atoms with Crippen molar-refractivity contribution >= 4 is 17.4 Å². The van der Waals surface area contributed by atoms with Gasteiger partial charge < -0.3 is 0 Å². The largest absolute Gasteiger partial charge is 0.298 e. The lowest BCUT2D eigenvalue weighted by molar-refractivity contribution is -0.116. The summed E-state index contributed by atoms with van der Waals surface area (Å²) in [6, 6.07) is 3.62. The van der Waals surface area contributed by atoms with Gasteiger partial charge in [0.1, 0.15) is 0 Å². The first-order chi connectivity index (χ1) is 5.33. The third-order valence-electron chi connectivity index (χ3n) is 1.30. The van der Waals surface area contributed by atoms with E-state index in [0.29, 0.717) is 6.42 Å². The van der Waals surface area contributed by atoms with Crippen LogP contribution in [0.2, 0.25) is 0 Å². The number of hydrogen-bond acceptors (Lipinski definition) is 2. The molecular weight excluding hydrogens is 162 g/mol. The van der Waals surface area contributed by atoms with E-state index in [1.54, 1.807) is 12.4 Å². The number of carbonyl (C=O) groups excluding carboxylic acids is 1. The number of ketones is 1. The average Bonchev–Trinajstić information content (AvgIpc) is 2.06. The minimum Gasteiger partial charge on any atom is -0.298 e. The fourth-order valence-electron chi connectivity index (χ4n) is 0.776. The molecule has 1 rings (SSSR count). The van der Waals surface area contributed by atoms with E-state index < -0.39 is 0 Å². The zero-order valence-electron chi connectivity index (χ0n) is 5.96. The maximum atomic E-state index is 10.8. The van der Waals surface area contributed by atoms with Crippen molar-refractivity contribution in [2.45, 2.75) is 6.42 Å². The first-order valence-corrected chi connectivity index (χ1v) is 3.83. The maximum Gasteiger partial charge on any atom is 0.151 e. The first-order valence-electron chi connectivity index (χ1n) is 3.29. The zero-order valence-corrected chi connectivity index (χ0v) is 6.71. The predicted octanol–water partition coefficient (Wildman–Crippen LogP) is 1.43. The van der Waals surface area contributed by atoms with E-state index in [1.807, 2.05) is 12.1 Å². The van der Waals surface area contributed by atoms with Gasteiger partial charge in [-0.05, 0) is 17.7 Å². The second-order valence-corrected chi connectivity index (χ2v) is 2.47. The molecule has 0 amide bonds. The summed E-state index contributed by atoms with van der Waals surface area (Å²) in [7, 11) is 0. The van der Waals surface area contributed by atoms with Gasteiger partial charge in [0.25, 0.3) is 0 Å². The molecule has 1 aromatic heterocycles. The number of rotatable bonds is 3. The summed E-state index contributed by atoms with van der Waals surface area (Å²) in [6.45, 7) is 0. The Morgan fingerprint density at radius 3 is 2.64 bits per heavy atom. The van der Waals surface area contributed by atoms with Gasteiger partial charge in [0, 0.05) is 18.8 Å². The second kappa shape index (κ2) is 4.09. The molecule has 0 spiro atoms. The number of pyridine rings is 1. The Morgan fingerprint density at radius 1 is 1.45 bits per heavy atom. The van der Waals surface area contributed by atoms with Crippen LogP contribution in [-0.4, -0.2) is 16.6 Å². The van der Waals surface area contributed by atoms with Crippen LogP contribution in [0, 0.1) is 0 Å². The summed E-state index contributed by atoms with van der Waals surface area (Å²) < 4.78 is 0. The minimum atomic E-state index is 0.0397. The van der Waals surface area contributed by atoms with Gasteiger partial charge in [-0.15, -0.1) is 11.6 Å². The third-order valence-corrected chi connectivity index (χ3v) is 1.60. The highest BCUT2D eigenvalue weighted by Gasteiger charge is 1.99. The Hall–Kier alpha value is -0.890. The summed E-state index contributed by atoms with van der Waals surface area (Å²) in [4.78, 5) is 14.7. The van der Waals surface area contributed by atoms with E-state index in [2.05, 4.69) is 4.98 Å². The topological polar surface area (TPSA) is 30.0 Å². The van der Waals surface area contributed by atoms with Crippen LogP contribution in [0.4, 0.5) is 0 Å². The van der Waals surface area contributed by atoms with E-state index in [9.17, 15) is 4.79 Å². The lowest BCUT2D eigenvalue weighted by Gasteiger charge is -1.95. The molecule has 0 aliphatic rings. The van der Waals surface area contributed by atoms with Gasteiger partial charge in [0.05, 0.1) is 5.88 Å². The van der Waals surface area contributed by atoms with Gasteiger partial charge in [-0.1, -0.05) is 0 Å². The SMILES string of the molecule is O=C(CCl)Cc1ccncc1. The molecule has 0 aromatic carbocycles. The van der Waals surface area contributed by atoms with Crippen LogP contribution >= 0.6 is 11.6 Å². The van der Waals surface area contributed by atoms with Crippen molar-refractivity contribution in [2.24, 2.45) is 0 Å². The quantitative estimate of drug-likeness (QED) is 0.641. The van der Waals surface area contributed by atoms with Crippen molar-refractivity contribution in [2.75, 3.05) is 5.88 Å². The van der Waals surface area contributed by atoms with Crippen LogP contribution in [0.1, 0.15) is 5.56 Å². The van der Waals surface area contributed by atoms with Gasteiger partial charge in [-0.25, -0.2) is 0 Å². The van der Waals surface area contributed by atoms with Crippen LogP contribution < -0.4 is 0 Å². The number of halogens is 1. The van der Waals surface area contributed by atoms with Crippen molar-refractivity contribution in [3.05, 3.63) is 30.1 Å². The highest BCUT2D eigenvalue weighted by atomic mass is 35.5. The van der Waals surface area contributed by atoms with Crippen molar-refractivity contribution in [3.63, 3.8) is 0 Å². The van der Waals surface area contributed by atoms with Crippen molar-refractivity contribution in [1.29, 1.82) is 0 Å². The molecule has 0 atom stereocenters. The number of alkyl halides is 1. The monoisotopic (exact) mass is 169 g/mol. The Bertz CT molecular complexity index is 235. The molecular formula is C8H8ClNO. The molecule has 11 heavy (non-hydrogen) atoms. The molecule has 0 N–H and O–H groups in total. The van der Waals surface area contributed by atoms with Crippen molar-refractivity contribution in [1.82, 2.24) is 4.98 Å². The summed E-state index contributed by atoms with van der Waals surface area (Å²) in [5, 5.41) is 0. The van der Waals surface area contributed by atoms with E-state index in [4.69, 9.17) is 11.6 Å². The number of carbonyl (C=O) groups is 1. The van der Waals surface area contributed by atoms with Crippen LogP contribution in [0.25, 0.3) is 0 Å². The molecule has 58 valence electrons. The van der Waals surface area contributed by atoms with Crippen molar-refractivity contribution < 1.29 is 4.79 Å². The molecule has 0 saturated heterocycles. The van der Waals surface area contributed by atoms with Gasteiger partial charge in [-0.2, -0.15) is 0 Å². The lowest BCUT2D eigenvalue weighted by Crippen LogP contribution is -2.03. The molecule has 1 heterocycles. The fraction of sp³-hybridized carbons (Fsp3) is 0.250. The summed E-state index contributed by atoms with van der Waals surface area (Å²) in [6.07, 6.45) is 3.74. The number of hydrogen-bond donors (Lipinski definition) is 0. The lowest BCUT2D eigenvalue weighted by atomic mass is 10.1. The van der Waals surface area contributed by atoms with E-state index in [-0.39, 0.29) is 11.7 Å². The summed E-state index contributed by atoms with van der Waals surface area (Å²) in [5.41, 5.74) is 0.964. The molecule has 0 aliphatic carbocycles. The Balaban J connectivity index is 2.58. The maximum absolute atomic E-state index is 10.8. The molecule has 0 unspecified atom stereocenters. The van der Waals surface area contributed by atoms with E-state index in [0.717, 1.165) is 5.56 Å². The van der Waals surface area contributed by atoms with Gasteiger partial charge in [0.2, 0.25) is 0 Å². The normalized spacial score (nSPS) is 9.55. The standard InChI is InChI=1S/C8H8ClNO/c9-6-8(11)5-7-1-3-10-4-2-7/h1-4H,5-6H2. The molecule has 0 radical (unpaired) electrons. The van der Waals surface area contributed by atoms with Gasteiger partial charge >= 0.3 is 0 Å². The van der Waals surface area contributed by atoms with Crippen LogP contribution in [0.5, 0.6) is 0 Å². The number of Topliss-reactive ketones (excluding diaryl/α,β-unsaturated/α-hetero) is 1. The van der Waals surface area contributed by atoms with E-state index >= 15 is 0 Å². The van der Waals surface area contributed by atoms with Crippen LogP contribution in [0.3, 0.4) is 0 Å². The molecule has 0 fully saturated rings. The van der Waals surface area contributed by atoms with Crippen LogP contribution in [-0.2, 0) is 11.2 Å². The Morgan fingerprint density at radius 2 is 2.09 bits per heavy atom. The van der Waals surface area contributed by atoms with Crippen LogP contribution in [0.15, 0.2) is 24.5 Å². The molecule has 3 heteroatoms. The fourth-order valence-corrected chi connectivity index (χ4v) is 0.870. The van der Waals surface area contributed by atoms with Gasteiger partial charge in [0.15, 0.2) is 5.78 Å². The summed E-state index contributed by atoms with van der Waals surface area (Å²) >= 11 is 5.34. The van der Waals surface area contributed by atoms with Gasteiger partial charge in [-0.3, -0.25) is 9.78 Å². The molecule has 0 bridgehead atoms. The Labute approximate surface area is 70.2 Å². The Kier molecular flexibility index (Phi) is 3.05. The minimum absolute atomic E-state index is 0.0397. The zero-order chi connectivity index (χ0) is 8.10. The number of aromatic nitrogens is 1. The van der Waals surface area contributed by atoms with Crippen molar-refractivity contribution in [3.8, 4) is 0 Å². The smallest absolute Gasteiger partial charge is 0.151 e. The molecule has 0 aliphatic heterocycles. The van der Waals surface area contributed by atoms with E-state index in [1.165, 1.54) is 0 Å². The number of nitrogens with zero attached hydrogens (tertiary/aromatic N) is 1. The average molecular weight is 170 g/mol. The molecule has 0 saturated carbocycles. The molecule has 2 nitrogen and oxygen atoms in total. The predicted molar refractivity (Wildman–Crippen MR) is 43.7 cm³/mol.